The van der Waals surface area contributed by atoms with E-state index < -0.39 is 176 Å². The van der Waals surface area contributed by atoms with Crippen molar-refractivity contribution in [1.82, 2.24) is 58.5 Å². The third-order valence-corrected chi connectivity index (χ3v) is 14.1. The molecule has 0 aliphatic heterocycles. The maximum Gasteiger partial charge on any atom is 0.326 e. The quantitative estimate of drug-likeness (QED) is 0.0125. The summed E-state index contributed by atoms with van der Waals surface area (Å²) in [6.45, 7) is -0.101. The van der Waals surface area contributed by atoms with Gasteiger partial charge in [0.15, 0.2) is 11.9 Å². The molecule has 27 N–H and O–H groups in total. The number of aliphatic hydroxyl groups is 2. The number of benzene rings is 1. The number of aliphatic imine (C=N–C) groups is 2. The molecule has 0 unspecified atom stereocenters. The lowest BCUT2D eigenvalue weighted by molar-refractivity contribution is -0.142. The number of amides is 11. The number of carbonyl (C=O) groups excluding carboxylic acids is 11. The van der Waals surface area contributed by atoms with Crippen molar-refractivity contribution in [1.29, 1.82) is 0 Å². The van der Waals surface area contributed by atoms with Crippen LogP contribution in [0.1, 0.15) is 77.2 Å². The molecule has 1 aromatic rings. The number of carbonyl (C=O) groups is 13. The summed E-state index contributed by atoms with van der Waals surface area (Å²) in [5.41, 5.74) is 33.5. The first-order valence-electron chi connectivity index (χ1n) is 28.8. The molecule has 11 atom stereocenters. The summed E-state index contributed by atoms with van der Waals surface area (Å²) in [5.74, 6) is -15.5. The molecule has 1 aromatic carbocycles. The number of aliphatic hydroxyl groups excluding tert-OH is 2. The largest absolute Gasteiger partial charge is 0.481 e. The number of nitrogens with one attached hydrogen (secondary N) is 11. The summed E-state index contributed by atoms with van der Waals surface area (Å²) >= 11 is 8.23. The first-order valence-corrected chi connectivity index (χ1v) is 30.1. The van der Waals surface area contributed by atoms with Crippen LogP contribution in [0.2, 0.25) is 0 Å². The van der Waals surface area contributed by atoms with Crippen LogP contribution >= 0.6 is 25.3 Å². The normalized spacial score (nSPS) is 14.5. The first kappa shape index (κ1) is 80.4. The van der Waals surface area contributed by atoms with Crippen LogP contribution in [-0.4, -0.2) is 227 Å². The van der Waals surface area contributed by atoms with Gasteiger partial charge >= 0.3 is 11.9 Å². The molecule has 1 rings (SSSR count). The summed E-state index contributed by atoms with van der Waals surface area (Å²) in [6, 6.07) is -7.01. The topological polar surface area (TPSA) is 616 Å². The summed E-state index contributed by atoms with van der Waals surface area (Å²) < 4.78 is 0. The average molecular weight is 1330 g/mol. The fourth-order valence-electron chi connectivity index (χ4n) is 8.00. The van der Waals surface area contributed by atoms with Crippen LogP contribution in [0.5, 0.6) is 0 Å². The Morgan fingerprint density at radius 1 is 0.495 bits per heavy atom. The Hall–Kier alpha value is -8.59. The lowest BCUT2D eigenvalue weighted by atomic mass is 9.99. The minimum absolute atomic E-state index is 0.0232. The number of hydrogen-bond acceptors (Lipinski definition) is 21. The SMILES string of the molecule is CC[C@H](C)[C@H](N)C(=O)N[C@@H](CS)C(=O)N[C@@H](CC(=O)O)C(=O)NCC(=O)N[C@@H](Cc1ccccc1)C(=O)N[C@@H](CS)C(=O)N[C@@H](CO)C(=O)N[C@@H](CO)C(=O)N[C@@H](CCCCN)C(=O)NCC(=O)N[C@@H](CCCN=C(N)N)C(=O)N[C@@H](CCCN=C(N)N)C(=O)O. The number of carboxylic acid groups (broad SMARTS) is 2. The highest BCUT2D eigenvalue weighted by Gasteiger charge is 2.35. The molecule has 0 aromatic heterocycles. The molecule has 0 aliphatic carbocycles. The Balaban J connectivity index is 3.19. The van der Waals surface area contributed by atoms with E-state index in [9.17, 15) is 82.8 Å². The van der Waals surface area contributed by atoms with Gasteiger partial charge in [0.2, 0.25) is 65.0 Å². The van der Waals surface area contributed by atoms with Gasteiger partial charge in [-0.25, -0.2) is 4.79 Å². The van der Waals surface area contributed by atoms with Gasteiger partial charge in [-0.2, -0.15) is 25.3 Å². The molecular formula is C53H89N19O17S2. The molecule has 0 saturated carbocycles. The van der Waals surface area contributed by atoms with E-state index in [4.69, 9.17) is 34.4 Å². The Labute approximate surface area is 535 Å². The van der Waals surface area contributed by atoms with E-state index in [0.717, 1.165) is 0 Å². The molecule has 11 amide bonds. The van der Waals surface area contributed by atoms with Crippen molar-refractivity contribution >= 4 is 114 Å². The van der Waals surface area contributed by atoms with Gasteiger partial charge in [0.05, 0.1) is 38.8 Å². The van der Waals surface area contributed by atoms with Crippen molar-refractivity contribution in [3.63, 3.8) is 0 Å². The third-order valence-electron chi connectivity index (χ3n) is 13.4. The van der Waals surface area contributed by atoms with Crippen LogP contribution in [0, 0.1) is 5.92 Å². The van der Waals surface area contributed by atoms with Crippen molar-refractivity contribution < 1.29 is 82.8 Å². The Kier molecular flexibility index (Phi) is 38.9. The maximum atomic E-state index is 13.9. The molecule has 0 fully saturated rings. The zero-order valence-corrected chi connectivity index (χ0v) is 52.3. The minimum Gasteiger partial charge on any atom is -0.481 e. The number of unbranched alkanes of at least 4 members (excludes halogenated alkanes) is 1. The predicted octanol–water partition coefficient (Wildman–Crippen LogP) is -9.16. The molecule has 36 nitrogen and oxygen atoms in total. The van der Waals surface area contributed by atoms with Gasteiger partial charge in [-0.1, -0.05) is 50.6 Å². The third kappa shape index (κ3) is 32.1. The molecule has 510 valence electrons. The summed E-state index contributed by atoms with van der Waals surface area (Å²) in [4.78, 5) is 178. The van der Waals surface area contributed by atoms with Gasteiger partial charge in [-0.15, -0.1) is 0 Å². The van der Waals surface area contributed by atoms with Crippen LogP contribution in [0.4, 0.5) is 0 Å². The van der Waals surface area contributed by atoms with Gasteiger partial charge in [0.25, 0.3) is 0 Å². The Morgan fingerprint density at radius 3 is 1.33 bits per heavy atom. The lowest BCUT2D eigenvalue weighted by Gasteiger charge is -2.26. The summed E-state index contributed by atoms with van der Waals surface area (Å²) in [6.07, 6.45) is -0.0313. The zero-order valence-electron chi connectivity index (χ0n) is 50.5. The Bertz CT molecular complexity index is 2660. The minimum atomic E-state index is -1.87. The summed E-state index contributed by atoms with van der Waals surface area (Å²) in [7, 11) is 0. The van der Waals surface area contributed by atoms with Crippen LogP contribution in [-0.2, 0) is 68.7 Å². The fraction of sp³-hybridized carbons (Fsp3) is 0.604. The molecule has 91 heavy (non-hydrogen) atoms. The smallest absolute Gasteiger partial charge is 0.326 e. The van der Waals surface area contributed by atoms with Gasteiger partial charge in [0, 0.05) is 31.0 Å². The Morgan fingerprint density at radius 2 is 0.879 bits per heavy atom. The van der Waals surface area contributed by atoms with Crippen molar-refractivity contribution in [3.05, 3.63) is 35.9 Å². The second-order valence-electron chi connectivity index (χ2n) is 20.6. The molecule has 0 aliphatic rings. The van der Waals surface area contributed by atoms with Gasteiger partial charge < -0.3 is 113 Å². The lowest BCUT2D eigenvalue weighted by Crippen LogP contribution is -2.61. The standard InChI is InChI=1S/C53H89N19O17S2/c1-3-27(2)41(55)50(87)72-37(26-91)48(85)68-33(20-40(77)78)43(80)63-22-39(76)65-32(19-28-11-5-4-6-12-28)45(82)71-36(25-90)49(86)70-35(24-74)47(84)69-34(23-73)46(83)66-29(13-7-8-16-54)42(79)62-21-38(75)64-30(14-9-17-60-52(56)57)44(81)67-31(51(88)89)15-10-18-61-53(58)59/h4-6,11-12,27,29-37,41,73-74,90-91H,3,7-10,13-26,54-55H2,1-2H3,(H,62,79)(H,63,80)(H,64,75)(H,65,76)(H,66,83)(H,67,81)(H,68,85)(H,69,84)(H,70,86)(H,71,82)(H,72,87)(H,77,78)(H,88,89)(H4,56,57,60)(H4,58,59,61)/t27-,29-,30-,31-,32-,33-,34-,35-,36-,37-,41-/m0/s1. The van der Waals surface area contributed by atoms with Gasteiger partial charge in [-0.05, 0) is 63.0 Å². The van der Waals surface area contributed by atoms with E-state index in [2.05, 4.69) is 93.7 Å². The zero-order chi connectivity index (χ0) is 68.8. The maximum absolute atomic E-state index is 13.9. The number of rotatable bonds is 45. The van der Waals surface area contributed by atoms with Gasteiger partial charge in [-0.3, -0.25) is 67.5 Å². The monoisotopic (exact) mass is 1330 g/mol. The average Bonchev–Trinajstić information content (AvgIpc) is 2.09. The molecule has 0 heterocycles. The molecule has 0 radical (unpaired) electrons. The van der Waals surface area contributed by atoms with E-state index in [1.807, 2.05) is 0 Å². The number of aliphatic carboxylic acids is 2. The van der Waals surface area contributed by atoms with Gasteiger partial charge in [0.1, 0.15) is 54.4 Å². The number of nitrogens with zero attached hydrogens (tertiary/aromatic N) is 2. The van der Waals surface area contributed by atoms with Crippen LogP contribution in [0.3, 0.4) is 0 Å². The number of thiol groups is 2. The number of hydrogen-bond donors (Lipinski definition) is 23. The van der Waals surface area contributed by atoms with Crippen molar-refractivity contribution in [3.8, 4) is 0 Å². The molecule has 0 spiro atoms. The van der Waals surface area contributed by atoms with Crippen molar-refractivity contribution in [2.45, 2.75) is 138 Å². The molecular weight excluding hydrogens is 1240 g/mol. The van der Waals surface area contributed by atoms with Crippen molar-refractivity contribution in [2.75, 3.05) is 57.4 Å². The van der Waals surface area contributed by atoms with E-state index in [0.29, 0.717) is 18.4 Å². The van der Waals surface area contributed by atoms with Crippen LogP contribution in [0.15, 0.2) is 40.3 Å². The summed E-state index contributed by atoms with van der Waals surface area (Å²) in [5, 5.41) is 65.2. The van der Waals surface area contributed by atoms with Crippen LogP contribution in [0.25, 0.3) is 0 Å². The highest BCUT2D eigenvalue weighted by Crippen LogP contribution is 2.09. The highest BCUT2D eigenvalue weighted by molar-refractivity contribution is 7.80. The number of guanidine groups is 2. The van der Waals surface area contributed by atoms with Crippen molar-refractivity contribution in [2.24, 2.45) is 50.3 Å². The second kappa shape index (κ2) is 44.0. The first-order chi connectivity index (χ1) is 43.0. The predicted molar refractivity (Wildman–Crippen MR) is 335 cm³/mol. The van der Waals surface area contributed by atoms with E-state index in [-0.39, 0.29) is 88.2 Å². The molecule has 0 bridgehead atoms. The number of carboxylic acids is 2. The number of nitrogens with two attached hydrogens (primary N) is 6. The van der Waals surface area contributed by atoms with E-state index in [1.165, 1.54) is 0 Å². The fourth-order valence-corrected chi connectivity index (χ4v) is 8.51. The molecule has 0 saturated heterocycles. The van der Waals surface area contributed by atoms with E-state index in [1.54, 1.807) is 44.2 Å². The molecule has 38 heteroatoms. The highest BCUT2D eigenvalue weighted by atomic mass is 32.1. The second-order valence-corrected chi connectivity index (χ2v) is 21.3. The van der Waals surface area contributed by atoms with Crippen LogP contribution < -0.4 is 92.9 Å². The van der Waals surface area contributed by atoms with E-state index >= 15 is 0 Å².